The Kier molecular flexibility index (Phi) is 8.80. The van der Waals surface area contributed by atoms with Crippen molar-refractivity contribution in [2.45, 2.75) is 50.3 Å². The molecule has 42 heavy (non-hydrogen) atoms. The summed E-state index contributed by atoms with van der Waals surface area (Å²) in [7, 11) is 1.51. The van der Waals surface area contributed by atoms with Gasteiger partial charge in [-0.1, -0.05) is 0 Å². The molecule has 4 heterocycles. The lowest BCUT2D eigenvalue weighted by Crippen LogP contribution is -2.45. The lowest BCUT2D eigenvalue weighted by molar-refractivity contribution is -0.138. The molecular weight excluding hydrogens is 559 g/mol. The molecule has 0 spiro atoms. The van der Waals surface area contributed by atoms with Gasteiger partial charge in [-0.05, 0) is 43.2 Å². The highest BCUT2D eigenvalue weighted by molar-refractivity contribution is 5.94. The summed E-state index contributed by atoms with van der Waals surface area (Å²) >= 11 is 0. The number of anilines is 1. The summed E-state index contributed by atoms with van der Waals surface area (Å²) in [5.41, 5.74) is -0.330. The number of nitrogens with zero attached hydrogens (tertiary/aromatic N) is 4. The topological polar surface area (TPSA) is 117 Å². The highest BCUT2D eigenvalue weighted by Crippen LogP contribution is 2.31. The predicted octanol–water partition coefficient (Wildman–Crippen LogP) is 3.55. The lowest BCUT2D eigenvalue weighted by atomic mass is 10.1. The third kappa shape index (κ3) is 7.49. The van der Waals surface area contributed by atoms with Gasteiger partial charge in [-0.25, -0.2) is 4.98 Å². The molecular formula is C28H30F3N5O6. The first-order chi connectivity index (χ1) is 20.2. The Hall–Kier alpha value is -4.33. The summed E-state index contributed by atoms with van der Waals surface area (Å²) in [6.45, 7) is 1.04. The molecule has 0 saturated carbocycles. The van der Waals surface area contributed by atoms with Crippen LogP contribution in [0.5, 0.6) is 17.4 Å². The molecule has 2 aliphatic rings. The van der Waals surface area contributed by atoms with Gasteiger partial charge in [0, 0.05) is 31.4 Å². The molecule has 5 rings (SSSR count). The van der Waals surface area contributed by atoms with E-state index in [0.29, 0.717) is 55.4 Å². The summed E-state index contributed by atoms with van der Waals surface area (Å²) in [5, 5.41) is 6.94. The van der Waals surface area contributed by atoms with Crippen LogP contribution in [0.2, 0.25) is 0 Å². The van der Waals surface area contributed by atoms with Crippen LogP contribution in [0.1, 0.15) is 24.8 Å². The van der Waals surface area contributed by atoms with E-state index < -0.39 is 17.8 Å². The minimum Gasteiger partial charge on any atom is -0.489 e. The standard InChI is InChI=1S/C28H30F3N5O6/c1-39-25-12-21(8-9-32-25)42-23-11-24(40-17-23)27(38)34-19-13-33-36(14-19)16-26(37)35-10-2-3-22(15-35)41-20-6-4-18(5-7-20)28(29,30)31/h4-9,12-14,22-24H,2-3,10-11,15-17H2,1H3,(H,34,38)/t22?,23-,24+/m0/s1. The Labute approximate surface area is 239 Å². The smallest absolute Gasteiger partial charge is 0.416 e. The van der Waals surface area contributed by atoms with Gasteiger partial charge in [0.2, 0.25) is 11.8 Å². The van der Waals surface area contributed by atoms with Gasteiger partial charge in [0.05, 0.1) is 37.7 Å². The molecule has 11 nitrogen and oxygen atoms in total. The Morgan fingerprint density at radius 3 is 2.67 bits per heavy atom. The zero-order valence-electron chi connectivity index (χ0n) is 22.8. The number of amides is 2. The number of alkyl halides is 3. The molecule has 14 heteroatoms. The number of hydrogen-bond donors (Lipinski definition) is 1. The van der Waals surface area contributed by atoms with E-state index in [1.54, 1.807) is 29.4 Å². The van der Waals surface area contributed by atoms with Crippen molar-refractivity contribution in [2.24, 2.45) is 0 Å². The minimum absolute atomic E-state index is 0.0475. The summed E-state index contributed by atoms with van der Waals surface area (Å²) in [6.07, 6.45) is 0.514. The highest BCUT2D eigenvalue weighted by Gasteiger charge is 2.33. The zero-order valence-corrected chi connectivity index (χ0v) is 22.8. The Morgan fingerprint density at radius 2 is 1.90 bits per heavy atom. The van der Waals surface area contributed by atoms with Crippen LogP contribution in [0.15, 0.2) is 55.0 Å². The first-order valence-corrected chi connectivity index (χ1v) is 13.4. The highest BCUT2D eigenvalue weighted by atomic mass is 19.4. The third-order valence-corrected chi connectivity index (χ3v) is 6.88. The first kappa shape index (κ1) is 29.2. The van der Waals surface area contributed by atoms with Crippen LogP contribution in [0, 0.1) is 0 Å². The van der Waals surface area contributed by atoms with E-state index in [9.17, 15) is 22.8 Å². The fourth-order valence-electron chi connectivity index (χ4n) is 4.78. The molecule has 2 saturated heterocycles. The third-order valence-electron chi connectivity index (χ3n) is 6.88. The number of carbonyl (C=O) groups is 2. The van der Waals surface area contributed by atoms with Crippen LogP contribution in [-0.2, 0) is 27.0 Å². The Balaban J connectivity index is 1.08. The Bertz CT molecular complexity index is 1380. The predicted molar refractivity (Wildman–Crippen MR) is 142 cm³/mol. The second-order valence-electron chi connectivity index (χ2n) is 9.99. The van der Waals surface area contributed by atoms with E-state index in [1.807, 2.05) is 0 Å². The SMILES string of the molecule is COc1cc(O[C@@H]2CO[C@@H](C(=O)Nc3cnn(CC(=O)N4CCCC(Oc5ccc(C(F)(F)F)cc5)C4)c3)C2)ccn1. The van der Waals surface area contributed by atoms with Crippen molar-refractivity contribution in [3.63, 3.8) is 0 Å². The van der Waals surface area contributed by atoms with Gasteiger partial charge in [-0.2, -0.15) is 18.3 Å². The van der Waals surface area contributed by atoms with E-state index in [2.05, 4.69) is 15.4 Å². The van der Waals surface area contributed by atoms with Crippen LogP contribution in [0.3, 0.4) is 0 Å². The summed E-state index contributed by atoms with van der Waals surface area (Å²) in [4.78, 5) is 31.4. The van der Waals surface area contributed by atoms with Gasteiger partial charge in [0.25, 0.3) is 5.91 Å². The number of aromatic nitrogens is 3. The Morgan fingerprint density at radius 1 is 1.12 bits per heavy atom. The lowest BCUT2D eigenvalue weighted by Gasteiger charge is -2.33. The number of methoxy groups -OCH3 is 1. The second-order valence-corrected chi connectivity index (χ2v) is 9.99. The molecule has 3 aromatic rings. The van der Waals surface area contributed by atoms with Crippen LogP contribution >= 0.6 is 0 Å². The first-order valence-electron chi connectivity index (χ1n) is 13.4. The van der Waals surface area contributed by atoms with Gasteiger partial charge in [0.15, 0.2) is 0 Å². The second kappa shape index (κ2) is 12.7. The van der Waals surface area contributed by atoms with E-state index in [4.69, 9.17) is 18.9 Å². The van der Waals surface area contributed by atoms with Gasteiger partial charge < -0.3 is 29.2 Å². The normalized spacial score (nSPS) is 20.7. The summed E-state index contributed by atoms with van der Waals surface area (Å²) in [5.74, 6) is 0.759. The number of carbonyl (C=O) groups excluding carboxylic acids is 2. The number of benzene rings is 1. The molecule has 0 aliphatic carbocycles. The largest absolute Gasteiger partial charge is 0.489 e. The number of nitrogens with one attached hydrogen (secondary N) is 1. The van der Waals surface area contributed by atoms with Crippen molar-refractivity contribution in [1.82, 2.24) is 19.7 Å². The number of pyridine rings is 1. The molecule has 1 unspecified atom stereocenters. The molecule has 2 aromatic heterocycles. The average Bonchev–Trinajstić information content (AvgIpc) is 3.62. The van der Waals surface area contributed by atoms with Crippen molar-refractivity contribution in [1.29, 1.82) is 0 Å². The van der Waals surface area contributed by atoms with E-state index in [-0.39, 0.29) is 37.2 Å². The molecule has 0 bridgehead atoms. The van der Waals surface area contributed by atoms with Crippen molar-refractivity contribution < 1.29 is 41.7 Å². The maximum Gasteiger partial charge on any atom is 0.416 e. The van der Waals surface area contributed by atoms with Crippen molar-refractivity contribution in [3.05, 3.63) is 60.6 Å². The molecule has 1 N–H and O–H groups in total. The molecule has 224 valence electrons. The monoisotopic (exact) mass is 589 g/mol. The number of halogens is 3. The number of piperidine rings is 1. The van der Waals surface area contributed by atoms with E-state index >= 15 is 0 Å². The molecule has 3 atom stereocenters. The molecule has 2 aliphatic heterocycles. The summed E-state index contributed by atoms with van der Waals surface area (Å²) < 4.78 is 62.3. The zero-order chi connectivity index (χ0) is 29.7. The number of ether oxygens (including phenoxy) is 4. The van der Waals surface area contributed by atoms with Crippen molar-refractivity contribution >= 4 is 17.5 Å². The molecule has 1 aromatic carbocycles. The molecule has 2 amide bonds. The van der Waals surface area contributed by atoms with Crippen LogP contribution < -0.4 is 19.5 Å². The molecule has 0 radical (unpaired) electrons. The molecule has 2 fully saturated rings. The number of likely N-dealkylation sites (tertiary alicyclic amines) is 1. The van der Waals surface area contributed by atoms with Crippen LogP contribution in [0.4, 0.5) is 18.9 Å². The maximum atomic E-state index is 12.9. The van der Waals surface area contributed by atoms with Gasteiger partial charge in [0.1, 0.15) is 36.4 Å². The van der Waals surface area contributed by atoms with Gasteiger partial charge >= 0.3 is 6.18 Å². The van der Waals surface area contributed by atoms with E-state index in [0.717, 1.165) is 12.1 Å². The maximum absolute atomic E-state index is 12.9. The number of hydrogen-bond acceptors (Lipinski definition) is 8. The number of rotatable bonds is 9. The van der Waals surface area contributed by atoms with Crippen molar-refractivity contribution in [3.8, 4) is 17.4 Å². The van der Waals surface area contributed by atoms with Crippen molar-refractivity contribution in [2.75, 3.05) is 32.1 Å². The fourth-order valence-corrected chi connectivity index (χ4v) is 4.78. The quantitative estimate of drug-likeness (QED) is 0.403. The summed E-state index contributed by atoms with van der Waals surface area (Å²) in [6, 6.07) is 7.86. The van der Waals surface area contributed by atoms with Gasteiger partial charge in [-0.15, -0.1) is 0 Å². The minimum atomic E-state index is -4.42. The van der Waals surface area contributed by atoms with E-state index in [1.165, 1.54) is 30.1 Å². The van der Waals surface area contributed by atoms with Gasteiger partial charge in [-0.3, -0.25) is 14.3 Å². The van der Waals surface area contributed by atoms with Crippen LogP contribution in [-0.4, -0.2) is 76.6 Å². The fraction of sp³-hybridized carbons (Fsp3) is 0.429. The van der Waals surface area contributed by atoms with Crippen LogP contribution in [0.25, 0.3) is 0 Å². The average molecular weight is 590 g/mol.